The van der Waals surface area contributed by atoms with E-state index >= 15 is 0 Å². The highest BCUT2D eigenvalue weighted by Gasteiger charge is 2.36. The van der Waals surface area contributed by atoms with Crippen molar-refractivity contribution in [2.45, 2.75) is 18.7 Å². The fraction of sp³-hybridized carbons (Fsp3) is 0.286. The van der Waals surface area contributed by atoms with E-state index in [-0.39, 0.29) is 12.3 Å². The summed E-state index contributed by atoms with van der Waals surface area (Å²) in [4.78, 5) is 7.96. The third kappa shape index (κ3) is 2.37. The maximum absolute atomic E-state index is 6.05. The van der Waals surface area contributed by atoms with E-state index in [0.29, 0.717) is 0 Å². The predicted molar refractivity (Wildman–Crippen MR) is 83.6 cm³/mol. The van der Waals surface area contributed by atoms with Gasteiger partial charge in [-0.3, -0.25) is 5.10 Å². The zero-order valence-electron chi connectivity index (χ0n) is 11.2. The Bertz CT molecular complexity index is 624. The highest BCUT2D eigenvalue weighted by Crippen LogP contribution is 2.42. The first-order valence-electron chi connectivity index (χ1n) is 6.75. The third-order valence-electron chi connectivity index (χ3n) is 3.54. The molecule has 0 aromatic carbocycles. The molecule has 4 rings (SSSR count). The Kier molecular flexibility index (Phi) is 3.46. The summed E-state index contributed by atoms with van der Waals surface area (Å²) in [6, 6.07) is 6.37. The Labute approximate surface area is 130 Å². The summed E-state index contributed by atoms with van der Waals surface area (Å²) in [5.41, 5.74) is 0. The minimum Gasteiger partial charge on any atom is -0.353 e. The quantitative estimate of drug-likeness (QED) is 0.802. The van der Waals surface area contributed by atoms with Crippen LogP contribution in [0.2, 0.25) is 0 Å². The van der Waals surface area contributed by atoms with Gasteiger partial charge in [-0.25, -0.2) is 4.98 Å². The number of aromatic nitrogens is 3. The molecule has 1 aliphatic rings. The molecule has 1 fully saturated rings. The molecule has 1 saturated heterocycles. The van der Waals surface area contributed by atoms with Crippen molar-refractivity contribution in [2.24, 2.45) is 0 Å². The van der Waals surface area contributed by atoms with Gasteiger partial charge in [-0.1, -0.05) is 6.07 Å². The SMILES string of the molecule is c1csc(C2OCCC(c3nccs3)N2c2ccn[nH]2)c1. The van der Waals surface area contributed by atoms with Crippen LogP contribution in [0.3, 0.4) is 0 Å². The molecular formula is C14H14N4OS2. The number of hydrogen-bond acceptors (Lipinski definition) is 6. The van der Waals surface area contributed by atoms with Crippen LogP contribution in [0.15, 0.2) is 41.4 Å². The van der Waals surface area contributed by atoms with Gasteiger partial charge in [0, 0.05) is 17.6 Å². The van der Waals surface area contributed by atoms with Gasteiger partial charge in [0.15, 0.2) is 6.23 Å². The lowest BCUT2D eigenvalue weighted by Crippen LogP contribution is -2.39. The number of nitrogens with zero attached hydrogens (tertiary/aromatic N) is 3. The summed E-state index contributed by atoms with van der Waals surface area (Å²) in [5, 5.41) is 12.4. The van der Waals surface area contributed by atoms with Crippen LogP contribution in [0, 0.1) is 0 Å². The Morgan fingerprint density at radius 1 is 1.24 bits per heavy atom. The number of hydrogen-bond donors (Lipinski definition) is 1. The monoisotopic (exact) mass is 318 g/mol. The fourth-order valence-corrected chi connectivity index (χ4v) is 4.19. The van der Waals surface area contributed by atoms with E-state index in [1.165, 1.54) is 4.88 Å². The summed E-state index contributed by atoms with van der Waals surface area (Å²) >= 11 is 3.40. The topological polar surface area (TPSA) is 54.0 Å². The van der Waals surface area contributed by atoms with Crippen LogP contribution in [0.5, 0.6) is 0 Å². The summed E-state index contributed by atoms with van der Waals surface area (Å²) in [7, 11) is 0. The Morgan fingerprint density at radius 3 is 2.95 bits per heavy atom. The molecule has 0 radical (unpaired) electrons. The maximum Gasteiger partial charge on any atom is 0.167 e. The summed E-state index contributed by atoms with van der Waals surface area (Å²) < 4.78 is 6.05. The van der Waals surface area contributed by atoms with Gasteiger partial charge < -0.3 is 9.64 Å². The van der Waals surface area contributed by atoms with E-state index in [0.717, 1.165) is 23.9 Å². The van der Waals surface area contributed by atoms with Crippen molar-refractivity contribution >= 4 is 28.5 Å². The van der Waals surface area contributed by atoms with Gasteiger partial charge >= 0.3 is 0 Å². The molecule has 0 bridgehead atoms. The first-order chi connectivity index (χ1) is 10.4. The molecular weight excluding hydrogens is 304 g/mol. The molecule has 0 amide bonds. The van der Waals surface area contributed by atoms with E-state index in [2.05, 4.69) is 37.6 Å². The van der Waals surface area contributed by atoms with Gasteiger partial charge in [-0.2, -0.15) is 5.10 Å². The summed E-state index contributed by atoms with van der Waals surface area (Å²) in [6.07, 6.45) is 4.47. The van der Waals surface area contributed by atoms with Gasteiger partial charge in [0.05, 0.1) is 23.7 Å². The highest BCUT2D eigenvalue weighted by molar-refractivity contribution is 7.10. The van der Waals surface area contributed by atoms with Crippen LogP contribution >= 0.6 is 22.7 Å². The Hall–Kier alpha value is -1.70. The zero-order valence-corrected chi connectivity index (χ0v) is 12.8. The summed E-state index contributed by atoms with van der Waals surface area (Å²) in [6.45, 7) is 0.734. The lowest BCUT2D eigenvalue weighted by molar-refractivity contribution is 0.00943. The number of nitrogens with one attached hydrogen (secondary N) is 1. The van der Waals surface area contributed by atoms with E-state index in [1.54, 1.807) is 28.9 Å². The van der Waals surface area contributed by atoms with Crippen LogP contribution in [-0.4, -0.2) is 21.8 Å². The number of ether oxygens (including phenoxy) is 1. The van der Waals surface area contributed by atoms with Crippen molar-refractivity contribution in [3.63, 3.8) is 0 Å². The van der Waals surface area contributed by atoms with Gasteiger partial charge in [0.2, 0.25) is 0 Å². The third-order valence-corrected chi connectivity index (χ3v) is 5.32. The number of anilines is 1. The Morgan fingerprint density at radius 2 is 2.24 bits per heavy atom. The van der Waals surface area contributed by atoms with Crippen molar-refractivity contribution in [3.05, 3.63) is 51.2 Å². The second kappa shape index (κ2) is 5.59. The first-order valence-corrected chi connectivity index (χ1v) is 8.51. The molecule has 1 aliphatic heterocycles. The minimum atomic E-state index is -0.0897. The molecule has 2 atom stereocenters. The van der Waals surface area contributed by atoms with E-state index in [4.69, 9.17) is 4.74 Å². The molecule has 1 N–H and O–H groups in total. The van der Waals surface area contributed by atoms with Crippen molar-refractivity contribution in [3.8, 4) is 0 Å². The van der Waals surface area contributed by atoms with Crippen LogP contribution in [-0.2, 0) is 4.74 Å². The minimum absolute atomic E-state index is 0.0897. The molecule has 0 saturated carbocycles. The standard InChI is InChI=1S/C14H14N4OS2/c1-2-11(20-8-1)14-18(12-3-5-16-17-12)10(4-7-19-14)13-15-6-9-21-13/h1-3,5-6,8-10,14H,4,7H2,(H,16,17). The molecule has 3 aromatic rings. The van der Waals surface area contributed by atoms with Crippen LogP contribution in [0.4, 0.5) is 5.82 Å². The van der Waals surface area contributed by atoms with Crippen molar-refractivity contribution in [2.75, 3.05) is 11.5 Å². The van der Waals surface area contributed by atoms with Crippen molar-refractivity contribution in [1.82, 2.24) is 15.2 Å². The normalized spacial score (nSPS) is 22.6. The fourth-order valence-electron chi connectivity index (χ4n) is 2.65. The van der Waals surface area contributed by atoms with Crippen LogP contribution in [0.25, 0.3) is 0 Å². The number of thiophene rings is 1. The van der Waals surface area contributed by atoms with Crippen molar-refractivity contribution in [1.29, 1.82) is 0 Å². The number of rotatable bonds is 3. The average molecular weight is 318 g/mol. The molecule has 5 nitrogen and oxygen atoms in total. The zero-order chi connectivity index (χ0) is 14.1. The second-order valence-electron chi connectivity index (χ2n) is 4.76. The average Bonchev–Trinajstić information content (AvgIpc) is 3.28. The van der Waals surface area contributed by atoms with Crippen LogP contribution < -0.4 is 4.90 Å². The lowest BCUT2D eigenvalue weighted by Gasteiger charge is -2.41. The van der Waals surface area contributed by atoms with E-state index in [9.17, 15) is 0 Å². The van der Waals surface area contributed by atoms with Crippen LogP contribution in [0.1, 0.15) is 28.6 Å². The van der Waals surface area contributed by atoms with E-state index in [1.807, 2.05) is 17.6 Å². The molecule has 4 heterocycles. The van der Waals surface area contributed by atoms with Crippen molar-refractivity contribution < 1.29 is 4.74 Å². The van der Waals surface area contributed by atoms with Gasteiger partial charge in [0.1, 0.15) is 10.8 Å². The second-order valence-corrected chi connectivity index (χ2v) is 6.67. The maximum atomic E-state index is 6.05. The molecule has 3 aromatic heterocycles. The van der Waals surface area contributed by atoms with Gasteiger partial charge in [-0.15, -0.1) is 22.7 Å². The molecule has 21 heavy (non-hydrogen) atoms. The number of aromatic amines is 1. The largest absolute Gasteiger partial charge is 0.353 e. The summed E-state index contributed by atoms with van der Waals surface area (Å²) in [5.74, 6) is 0.966. The smallest absolute Gasteiger partial charge is 0.167 e. The molecule has 7 heteroatoms. The first kappa shape index (κ1) is 13.0. The number of thiazole rings is 1. The lowest BCUT2D eigenvalue weighted by atomic mass is 10.1. The predicted octanol–water partition coefficient (Wildman–Crippen LogP) is 3.59. The van der Waals surface area contributed by atoms with Gasteiger partial charge in [-0.05, 0) is 17.9 Å². The molecule has 0 aliphatic carbocycles. The Balaban J connectivity index is 1.76. The van der Waals surface area contributed by atoms with E-state index < -0.39 is 0 Å². The van der Waals surface area contributed by atoms with Gasteiger partial charge in [0.25, 0.3) is 0 Å². The molecule has 2 unspecified atom stereocenters. The molecule has 0 spiro atoms. The number of H-pyrrole nitrogens is 1. The molecule has 108 valence electrons. The highest BCUT2D eigenvalue weighted by atomic mass is 32.1.